The molecule has 5 rings (SSSR count). The van der Waals surface area contributed by atoms with Crippen LogP contribution in [0.1, 0.15) is 41.6 Å². The number of amides is 1. The van der Waals surface area contributed by atoms with E-state index in [2.05, 4.69) is 4.98 Å². The predicted molar refractivity (Wildman–Crippen MR) is 144 cm³/mol. The summed E-state index contributed by atoms with van der Waals surface area (Å²) in [5, 5.41) is 10.2. The van der Waals surface area contributed by atoms with Crippen molar-refractivity contribution >= 4 is 15.9 Å². The second-order valence-corrected chi connectivity index (χ2v) is 12.7. The first-order valence-electron chi connectivity index (χ1n) is 13.1. The number of imidazole rings is 1. The van der Waals surface area contributed by atoms with Gasteiger partial charge in [0.1, 0.15) is 5.75 Å². The van der Waals surface area contributed by atoms with Crippen LogP contribution in [0, 0.1) is 29.8 Å². The van der Waals surface area contributed by atoms with Crippen LogP contribution in [-0.4, -0.2) is 77.8 Å². The van der Waals surface area contributed by atoms with Gasteiger partial charge in [-0.1, -0.05) is 6.07 Å². The number of aliphatic hydroxyl groups is 1. The van der Waals surface area contributed by atoms with E-state index in [4.69, 9.17) is 4.74 Å². The number of hydrogen-bond donors (Lipinski definition) is 1. The zero-order valence-corrected chi connectivity index (χ0v) is 23.7. The third kappa shape index (κ3) is 5.10. The smallest absolute Gasteiger partial charge is 0.231 e. The number of ether oxygens (including phenoxy) is 1. The average Bonchev–Trinajstić information content (AvgIpc) is 3.54. The largest absolute Gasteiger partial charge is 0.495 e. The van der Waals surface area contributed by atoms with Crippen LogP contribution in [-0.2, 0) is 14.8 Å². The number of aliphatic hydroxyl groups excluding tert-OH is 1. The van der Waals surface area contributed by atoms with Crippen molar-refractivity contribution in [3.63, 3.8) is 0 Å². The number of halogens is 3. The van der Waals surface area contributed by atoms with Gasteiger partial charge < -0.3 is 19.3 Å². The van der Waals surface area contributed by atoms with E-state index in [1.807, 2.05) is 25.3 Å². The van der Waals surface area contributed by atoms with Gasteiger partial charge >= 0.3 is 0 Å². The molecule has 2 aliphatic rings. The SMILES string of the molecule is COc1cc(C2CN(S(C)(=O)=O)CC23CCCN([C@@H](CO)c2cc(F)c(F)c(F)c2)C3=O)ccc1-n1cnc(C)c1. The van der Waals surface area contributed by atoms with Crippen molar-refractivity contribution in [2.75, 3.05) is 39.6 Å². The summed E-state index contributed by atoms with van der Waals surface area (Å²) in [7, 11) is -2.18. The summed E-state index contributed by atoms with van der Waals surface area (Å²) in [4.78, 5) is 19.9. The summed E-state index contributed by atoms with van der Waals surface area (Å²) in [5.41, 5.74) is 0.890. The lowest BCUT2D eigenvalue weighted by atomic mass is 9.68. The zero-order valence-electron chi connectivity index (χ0n) is 22.8. The Morgan fingerprint density at radius 3 is 2.49 bits per heavy atom. The molecule has 2 aromatic carbocycles. The van der Waals surface area contributed by atoms with Crippen molar-refractivity contribution in [1.29, 1.82) is 0 Å². The number of piperidine rings is 1. The fourth-order valence-electron chi connectivity index (χ4n) is 6.20. The molecule has 2 aliphatic heterocycles. The van der Waals surface area contributed by atoms with Gasteiger partial charge in [-0.15, -0.1) is 0 Å². The van der Waals surface area contributed by atoms with Crippen LogP contribution < -0.4 is 4.74 Å². The Kier molecular flexibility index (Phi) is 7.64. The van der Waals surface area contributed by atoms with Gasteiger partial charge in [-0.3, -0.25) is 4.79 Å². The Balaban J connectivity index is 1.58. The molecule has 0 bridgehead atoms. The van der Waals surface area contributed by atoms with E-state index in [9.17, 15) is 31.5 Å². The van der Waals surface area contributed by atoms with Gasteiger partial charge in [-0.2, -0.15) is 0 Å². The Hall–Kier alpha value is -3.42. The molecule has 3 atom stereocenters. The van der Waals surface area contributed by atoms with Crippen molar-refractivity contribution in [1.82, 2.24) is 18.8 Å². The van der Waals surface area contributed by atoms with Crippen LogP contribution in [0.4, 0.5) is 13.2 Å². The molecule has 1 amide bonds. The molecule has 1 aromatic heterocycles. The molecule has 2 fully saturated rings. The summed E-state index contributed by atoms with van der Waals surface area (Å²) in [5.74, 6) is -5.04. The molecule has 2 saturated heterocycles. The fourth-order valence-corrected chi connectivity index (χ4v) is 7.08. The summed E-state index contributed by atoms with van der Waals surface area (Å²) >= 11 is 0. The molecule has 3 heterocycles. The van der Waals surface area contributed by atoms with E-state index in [0.717, 1.165) is 24.1 Å². The Bertz CT molecular complexity index is 1570. The minimum atomic E-state index is -3.69. The van der Waals surface area contributed by atoms with Crippen LogP contribution >= 0.6 is 0 Å². The van der Waals surface area contributed by atoms with Crippen molar-refractivity contribution in [2.45, 2.75) is 31.7 Å². The highest BCUT2D eigenvalue weighted by Crippen LogP contribution is 2.52. The number of carbonyl (C=O) groups excluding carboxylic acids is 1. The monoisotopic (exact) mass is 592 g/mol. The second kappa shape index (κ2) is 10.8. The third-order valence-electron chi connectivity index (χ3n) is 8.23. The van der Waals surface area contributed by atoms with Crippen molar-refractivity contribution < 1.29 is 36.2 Å². The van der Waals surface area contributed by atoms with Gasteiger partial charge in [0.05, 0.1) is 49.1 Å². The summed E-state index contributed by atoms with van der Waals surface area (Å²) in [6.07, 6.45) is 5.37. The van der Waals surface area contributed by atoms with Crippen LogP contribution in [0.25, 0.3) is 5.69 Å². The molecule has 0 radical (unpaired) electrons. The van der Waals surface area contributed by atoms with Gasteiger partial charge in [0, 0.05) is 31.7 Å². The summed E-state index contributed by atoms with van der Waals surface area (Å²) in [6, 6.07) is 5.81. The molecule has 9 nitrogen and oxygen atoms in total. The van der Waals surface area contributed by atoms with E-state index in [-0.39, 0.29) is 25.2 Å². The number of aromatic nitrogens is 2. The summed E-state index contributed by atoms with van der Waals surface area (Å²) in [6.45, 7) is 1.30. The number of carbonyl (C=O) groups is 1. The van der Waals surface area contributed by atoms with E-state index in [1.165, 1.54) is 16.3 Å². The maximum Gasteiger partial charge on any atom is 0.231 e. The van der Waals surface area contributed by atoms with Crippen LogP contribution in [0.3, 0.4) is 0 Å². The second-order valence-electron chi connectivity index (χ2n) is 10.7. The first kappa shape index (κ1) is 29.1. The van der Waals surface area contributed by atoms with Crippen molar-refractivity contribution in [2.24, 2.45) is 5.41 Å². The third-order valence-corrected chi connectivity index (χ3v) is 9.44. The number of likely N-dealkylation sites (tertiary alicyclic amines) is 1. The quantitative estimate of drug-likeness (QED) is 0.423. The molecular weight excluding hydrogens is 561 g/mol. The summed E-state index contributed by atoms with van der Waals surface area (Å²) < 4.78 is 76.0. The molecular formula is C28H31F3N4O5S. The van der Waals surface area contributed by atoms with Crippen LogP contribution in [0.15, 0.2) is 42.9 Å². The fraction of sp³-hybridized carbons (Fsp3) is 0.429. The van der Waals surface area contributed by atoms with E-state index < -0.39 is 57.4 Å². The number of sulfonamides is 1. The minimum Gasteiger partial charge on any atom is -0.495 e. The molecule has 41 heavy (non-hydrogen) atoms. The lowest BCUT2D eigenvalue weighted by Crippen LogP contribution is -2.54. The van der Waals surface area contributed by atoms with Crippen LogP contribution in [0.2, 0.25) is 0 Å². The number of benzene rings is 2. The Morgan fingerprint density at radius 1 is 1.20 bits per heavy atom. The Labute approximate surface area is 236 Å². The van der Waals surface area contributed by atoms with Gasteiger partial charge in [-0.05, 0) is 55.2 Å². The topological polar surface area (TPSA) is 105 Å². The van der Waals surface area contributed by atoms with Gasteiger partial charge in [0.2, 0.25) is 15.9 Å². The highest BCUT2D eigenvalue weighted by atomic mass is 32.2. The van der Waals surface area contributed by atoms with E-state index >= 15 is 0 Å². The maximum atomic E-state index is 14.4. The minimum absolute atomic E-state index is 0.0364. The zero-order chi connectivity index (χ0) is 29.7. The molecule has 3 aromatic rings. The van der Waals surface area contributed by atoms with E-state index in [0.29, 0.717) is 29.8 Å². The lowest BCUT2D eigenvalue weighted by Gasteiger charge is -2.45. The van der Waals surface area contributed by atoms with Crippen molar-refractivity contribution in [3.8, 4) is 11.4 Å². The molecule has 1 spiro atoms. The van der Waals surface area contributed by atoms with E-state index in [1.54, 1.807) is 17.0 Å². The average molecular weight is 593 g/mol. The van der Waals surface area contributed by atoms with Gasteiger partial charge in [0.15, 0.2) is 17.5 Å². The van der Waals surface area contributed by atoms with Crippen LogP contribution in [0.5, 0.6) is 5.75 Å². The Morgan fingerprint density at radius 2 is 1.90 bits per heavy atom. The standard InChI is InChI=1S/C28H31F3N4O5S/c1-17-12-33(16-32-17)23-6-5-18(11-25(23)40-2)20-13-34(41(3,38)39)15-28(20)7-4-8-35(27(28)37)24(14-36)19-9-21(29)26(31)22(30)10-19/h5-6,9-12,16,20,24,36H,4,7-8,13-15H2,1-3H3/t20?,24-,28?/m0/s1. The number of aryl methyl sites for hydroxylation is 1. The van der Waals surface area contributed by atoms with Gasteiger partial charge in [0.25, 0.3) is 0 Å². The predicted octanol–water partition coefficient (Wildman–Crippen LogP) is 3.31. The lowest BCUT2D eigenvalue weighted by molar-refractivity contribution is -0.150. The van der Waals surface area contributed by atoms with Gasteiger partial charge in [-0.25, -0.2) is 30.9 Å². The first-order chi connectivity index (χ1) is 19.4. The molecule has 1 N–H and O–H groups in total. The van der Waals surface area contributed by atoms with Crippen molar-refractivity contribution in [3.05, 3.63) is 77.1 Å². The number of methoxy groups -OCH3 is 1. The normalized spacial score (nSPS) is 22.5. The maximum absolute atomic E-state index is 14.4. The molecule has 220 valence electrons. The highest BCUT2D eigenvalue weighted by molar-refractivity contribution is 7.88. The molecule has 13 heteroatoms. The number of nitrogens with zero attached hydrogens (tertiary/aromatic N) is 4. The molecule has 2 unspecified atom stereocenters. The molecule has 0 saturated carbocycles. The first-order valence-corrected chi connectivity index (χ1v) is 14.9. The molecule has 0 aliphatic carbocycles. The number of hydrogen-bond acceptors (Lipinski definition) is 6. The number of rotatable bonds is 7. The highest BCUT2D eigenvalue weighted by Gasteiger charge is 2.57.